The fourth-order valence-corrected chi connectivity index (χ4v) is 2.15. The fraction of sp³-hybridized carbons (Fsp3) is 0.923. The molecule has 1 amide bonds. The van der Waals surface area contributed by atoms with Crippen LogP contribution in [0.15, 0.2) is 0 Å². The van der Waals surface area contributed by atoms with Gasteiger partial charge < -0.3 is 16.0 Å². The molecule has 5 nitrogen and oxygen atoms in total. The number of likely N-dealkylation sites (N-methyl/N-ethyl adjacent to an activating group) is 1. The molecule has 0 saturated carbocycles. The van der Waals surface area contributed by atoms with Gasteiger partial charge in [-0.2, -0.15) is 0 Å². The van der Waals surface area contributed by atoms with Crippen LogP contribution in [0, 0.1) is 5.92 Å². The van der Waals surface area contributed by atoms with E-state index in [2.05, 4.69) is 36.0 Å². The maximum Gasteiger partial charge on any atom is 0.236 e. The third-order valence-corrected chi connectivity index (χ3v) is 3.39. The molecule has 1 atom stereocenters. The summed E-state index contributed by atoms with van der Waals surface area (Å²) in [6, 6.07) is -0.363. The molecular weight excluding hydrogens is 335 g/mol. The summed E-state index contributed by atoms with van der Waals surface area (Å²) in [6.45, 7) is 10.2. The first-order valence-electron chi connectivity index (χ1n) is 6.93. The summed E-state index contributed by atoms with van der Waals surface area (Å²) in [4.78, 5) is 16.4. The summed E-state index contributed by atoms with van der Waals surface area (Å²) in [5.74, 6) is 0.446. The zero-order chi connectivity index (χ0) is 13.5. The Balaban J connectivity index is -0.00000108. The number of carbonyl (C=O) groups is 1. The van der Waals surface area contributed by atoms with Crippen LogP contribution >= 0.6 is 37.2 Å². The van der Waals surface area contributed by atoms with Gasteiger partial charge in [-0.05, 0) is 19.4 Å². The summed E-state index contributed by atoms with van der Waals surface area (Å²) >= 11 is 0. The maximum absolute atomic E-state index is 11.7. The molecule has 1 fully saturated rings. The van der Waals surface area contributed by atoms with Crippen molar-refractivity contribution in [2.75, 3.05) is 46.3 Å². The molecule has 0 bridgehead atoms. The van der Waals surface area contributed by atoms with Gasteiger partial charge in [0.2, 0.25) is 5.91 Å². The van der Waals surface area contributed by atoms with Crippen molar-refractivity contribution in [1.29, 1.82) is 0 Å². The van der Waals surface area contributed by atoms with Gasteiger partial charge in [-0.3, -0.25) is 9.69 Å². The number of nitrogens with two attached hydrogens (primary N) is 1. The van der Waals surface area contributed by atoms with Crippen LogP contribution in [0.5, 0.6) is 0 Å². The van der Waals surface area contributed by atoms with Crippen LogP contribution in [0.3, 0.4) is 0 Å². The van der Waals surface area contributed by atoms with Crippen LogP contribution in [0.4, 0.5) is 0 Å². The van der Waals surface area contributed by atoms with Crippen LogP contribution < -0.4 is 11.1 Å². The lowest BCUT2D eigenvalue weighted by Gasteiger charge is -2.32. The van der Waals surface area contributed by atoms with E-state index in [0.717, 1.165) is 39.1 Å². The van der Waals surface area contributed by atoms with Crippen LogP contribution in [-0.2, 0) is 4.79 Å². The Morgan fingerprint density at radius 1 is 1.14 bits per heavy atom. The van der Waals surface area contributed by atoms with E-state index in [9.17, 15) is 4.79 Å². The van der Waals surface area contributed by atoms with Gasteiger partial charge in [0.1, 0.15) is 0 Å². The van der Waals surface area contributed by atoms with Gasteiger partial charge in [-0.1, -0.05) is 13.8 Å². The van der Waals surface area contributed by atoms with Crippen molar-refractivity contribution >= 4 is 43.1 Å². The van der Waals surface area contributed by atoms with Gasteiger partial charge in [0.05, 0.1) is 6.04 Å². The van der Waals surface area contributed by atoms with Gasteiger partial charge in [-0.25, -0.2) is 0 Å². The summed E-state index contributed by atoms with van der Waals surface area (Å²) in [7, 11) is 2.14. The van der Waals surface area contributed by atoms with Crippen LogP contribution in [0.1, 0.15) is 20.3 Å². The van der Waals surface area contributed by atoms with Crippen LogP contribution in [0.25, 0.3) is 0 Å². The molecule has 8 heteroatoms. The predicted molar refractivity (Wildman–Crippen MR) is 96.1 cm³/mol. The molecule has 1 aliphatic rings. The fourth-order valence-electron chi connectivity index (χ4n) is 2.15. The summed E-state index contributed by atoms with van der Waals surface area (Å²) in [5.41, 5.74) is 5.82. The number of carbonyl (C=O) groups excluding carboxylic acids is 1. The molecule has 0 aromatic rings. The number of nitrogens with one attached hydrogen (secondary N) is 1. The minimum absolute atomic E-state index is 0. The normalized spacial score (nSPS) is 17.2. The van der Waals surface area contributed by atoms with E-state index in [0.29, 0.717) is 12.5 Å². The van der Waals surface area contributed by atoms with Crippen molar-refractivity contribution in [3.63, 3.8) is 0 Å². The van der Waals surface area contributed by atoms with Gasteiger partial charge in [0.15, 0.2) is 0 Å². The first kappa shape index (κ1) is 26.1. The lowest BCUT2D eigenvalue weighted by Crippen LogP contribution is -2.48. The van der Waals surface area contributed by atoms with E-state index in [-0.39, 0.29) is 49.2 Å². The van der Waals surface area contributed by atoms with Gasteiger partial charge in [0.25, 0.3) is 0 Å². The lowest BCUT2D eigenvalue weighted by atomic mass is 10.0. The number of rotatable bonds is 6. The van der Waals surface area contributed by atoms with Gasteiger partial charge >= 0.3 is 0 Å². The second-order valence-corrected chi connectivity index (χ2v) is 5.67. The molecule has 0 unspecified atom stereocenters. The number of nitrogens with zero attached hydrogens (tertiary/aromatic N) is 2. The topological polar surface area (TPSA) is 61.6 Å². The molecule has 3 N–H and O–H groups in total. The Morgan fingerprint density at radius 3 is 2.14 bits per heavy atom. The van der Waals surface area contributed by atoms with Crippen molar-refractivity contribution in [2.24, 2.45) is 11.7 Å². The highest BCUT2D eigenvalue weighted by atomic mass is 35.5. The minimum Gasteiger partial charge on any atom is -0.353 e. The zero-order valence-corrected chi connectivity index (χ0v) is 15.7. The molecule has 0 aromatic heterocycles. The average molecular weight is 366 g/mol. The lowest BCUT2D eigenvalue weighted by molar-refractivity contribution is -0.122. The first-order chi connectivity index (χ1) is 8.49. The molecular formula is C13H31Cl3N4O. The van der Waals surface area contributed by atoms with Crippen LogP contribution in [0.2, 0.25) is 0 Å². The van der Waals surface area contributed by atoms with E-state index < -0.39 is 0 Å². The Bertz CT molecular complexity index is 262. The number of hydrogen-bond donors (Lipinski definition) is 2. The molecule has 21 heavy (non-hydrogen) atoms. The summed E-state index contributed by atoms with van der Waals surface area (Å²) in [5, 5.41) is 2.93. The maximum atomic E-state index is 11.7. The summed E-state index contributed by atoms with van der Waals surface area (Å²) in [6.07, 6.45) is 0.750. The van der Waals surface area contributed by atoms with Crippen molar-refractivity contribution in [3.05, 3.63) is 0 Å². The van der Waals surface area contributed by atoms with Gasteiger partial charge in [0, 0.05) is 39.3 Å². The van der Waals surface area contributed by atoms with E-state index in [1.807, 2.05) is 0 Å². The highest BCUT2D eigenvalue weighted by Crippen LogP contribution is 2.02. The second-order valence-electron chi connectivity index (χ2n) is 5.67. The zero-order valence-electron chi connectivity index (χ0n) is 13.2. The van der Waals surface area contributed by atoms with Crippen LogP contribution in [-0.4, -0.2) is 68.1 Å². The Hall–Kier alpha value is 0.220. The van der Waals surface area contributed by atoms with E-state index in [4.69, 9.17) is 5.73 Å². The number of piperazine rings is 1. The van der Waals surface area contributed by atoms with Crippen molar-refractivity contribution < 1.29 is 4.79 Å². The monoisotopic (exact) mass is 364 g/mol. The quantitative estimate of drug-likeness (QED) is 0.737. The van der Waals surface area contributed by atoms with E-state index in [1.165, 1.54) is 0 Å². The third-order valence-electron chi connectivity index (χ3n) is 3.39. The van der Waals surface area contributed by atoms with Gasteiger partial charge in [-0.15, -0.1) is 37.2 Å². The largest absolute Gasteiger partial charge is 0.353 e. The second kappa shape index (κ2) is 13.9. The average Bonchev–Trinajstić information content (AvgIpc) is 2.30. The Labute approximate surface area is 147 Å². The Morgan fingerprint density at radius 2 is 1.67 bits per heavy atom. The third kappa shape index (κ3) is 11.4. The molecule has 0 aromatic carbocycles. The highest BCUT2D eigenvalue weighted by molar-refractivity contribution is 5.86. The molecule has 0 radical (unpaired) electrons. The molecule has 1 aliphatic heterocycles. The molecule has 1 saturated heterocycles. The molecule has 0 aliphatic carbocycles. The molecule has 0 spiro atoms. The van der Waals surface area contributed by atoms with E-state index >= 15 is 0 Å². The number of amides is 1. The van der Waals surface area contributed by atoms with Crippen molar-refractivity contribution in [2.45, 2.75) is 26.3 Å². The van der Waals surface area contributed by atoms with Crippen molar-refractivity contribution in [1.82, 2.24) is 15.1 Å². The molecule has 1 rings (SSSR count). The highest BCUT2D eigenvalue weighted by Gasteiger charge is 2.16. The first-order valence-corrected chi connectivity index (χ1v) is 6.93. The standard InChI is InChI=1S/C13H28N4O.3ClH/c1-11(2)10-12(14)13(18)15-4-5-17-8-6-16(3)7-9-17;;;/h11-12H,4-10,14H2,1-3H3,(H,15,18);3*1H/t12-;;;/m0.../s1. The SMILES string of the molecule is CC(C)C[C@H](N)C(=O)NCCN1CCN(C)CC1.Cl.Cl.Cl. The number of hydrogen-bond acceptors (Lipinski definition) is 4. The molecule has 1 heterocycles. The smallest absolute Gasteiger partial charge is 0.236 e. The predicted octanol–water partition coefficient (Wildman–Crippen LogP) is 0.989. The summed E-state index contributed by atoms with van der Waals surface area (Å²) < 4.78 is 0. The Kier molecular flexibility index (Phi) is 17.2. The molecule has 130 valence electrons. The van der Waals surface area contributed by atoms with E-state index in [1.54, 1.807) is 0 Å². The minimum atomic E-state index is -0.363. The van der Waals surface area contributed by atoms with Crippen molar-refractivity contribution in [3.8, 4) is 0 Å². The number of halogens is 3.